The summed E-state index contributed by atoms with van der Waals surface area (Å²) in [6.45, 7) is 11.7. The second kappa shape index (κ2) is 6.58. The highest BCUT2D eigenvalue weighted by Gasteiger charge is 2.19. The van der Waals surface area contributed by atoms with Gasteiger partial charge in [-0.15, -0.1) is 0 Å². The van der Waals surface area contributed by atoms with Gasteiger partial charge < -0.3 is 4.74 Å². The molecule has 0 bridgehead atoms. The average molecular weight is 260 g/mol. The van der Waals surface area contributed by atoms with Crippen molar-refractivity contribution in [2.24, 2.45) is 0 Å². The molecule has 3 nitrogen and oxygen atoms in total. The lowest BCUT2D eigenvalue weighted by molar-refractivity contribution is 0.284. The van der Waals surface area contributed by atoms with Gasteiger partial charge in [0.25, 0.3) is 0 Å². The quantitative estimate of drug-likeness (QED) is 0.884. The zero-order valence-electron chi connectivity index (χ0n) is 12.6. The van der Waals surface area contributed by atoms with Crippen LogP contribution in [0.3, 0.4) is 0 Å². The van der Waals surface area contributed by atoms with Crippen LogP contribution in [0.15, 0.2) is 18.2 Å². The summed E-state index contributed by atoms with van der Waals surface area (Å²) in [5.41, 5.74) is 2.43. The molecule has 1 atom stereocenters. The summed E-state index contributed by atoms with van der Waals surface area (Å²) in [4.78, 5) is 0. The molecule has 19 heavy (non-hydrogen) atoms. The molecular weight excluding hydrogens is 236 g/mol. The Morgan fingerprint density at radius 2 is 2.05 bits per heavy atom. The molecule has 3 heteroatoms. The van der Waals surface area contributed by atoms with Crippen molar-refractivity contribution < 1.29 is 4.74 Å². The first-order chi connectivity index (χ1) is 8.88. The number of aryl methyl sites for hydroxylation is 1. The number of rotatable bonds is 5. The number of ether oxygens (including phenoxy) is 1. The zero-order valence-corrected chi connectivity index (χ0v) is 12.6. The highest BCUT2D eigenvalue weighted by Crippen LogP contribution is 2.32. The minimum atomic E-state index is -0.265. The van der Waals surface area contributed by atoms with E-state index in [0.717, 1.165) is 12.3 Å². The molecule has 0 radical (unpaired) electrons. The SMILES string of the molecule is CCNC(C#N)COc1ccc(C)cc1C(C)(C)C. The van der Waals surface area contributed by atoms with Crippen molar-refractivity contribution in [3.05, 3.63) is 29.3 Å². The minimum Gasteiger partial charge on any atom is -0.491 e. The zero-order chi connectivity index (χ0) is 14.5. The van der Waals surface area contributed by atoms with E-state index in [9.17, 15) is 0 Å². The molecule has 0 heterocycles. The van der Waals surface area contributed by atoms with Crippen molar-refractivity contribution in [3.8, 4) is 11.8 Å². The predicted molar refractivity (Wildman–Crippen MR) is 78.5 cm³/mol. The molecule has 0 aliphatic carbocycles. The maximum Gasteiger partial charge on any atom is 0.130 e. The van der Waals surface area contributed by atoms with Crippen LogP contribution in [0.4, 0.5) is 0 Å². The van der Waals surface area contributed by atoms with E-state index in [1.54, 1.807) is 0 Å². The van der Waals surface area contributed by atoms with E-state index in [4.69, 9.17) is 10.00 Å². The highest BCUT2D eigenvalue weighted by atomic mass is 16.5. The van der Waals surface area contributed by atoms with Crippen LogP contribution in [-0.4, -0.2) is 19.2 Å². The number of nitrogens with one attached hydrogen (secondary N) is 1. The van der Waals surface area contributed by atoms with Crippen molar-refractivity contribution in [2.45, 2.75) is 46.1 Å². The Morgan fingerprint density at radius 1 is 1.37 bits per heavy atom. The topological polar surface area (TPSA) is 45.0 Å². The summed E-state index contributed by atoms with van der Waals surface area (Å²) >= 11 is 0. The Hall–Kier alpha value is -1.53. The van der Waals surface area contributed by atoms with Gasteiger partial charge in [0.2, 0.25) is 0 Å². The summed E-state index contributed by atoms with van der Waals surface area (Å²) in [7, 11) is 0. The van der Waals surface area contributed by atoms with Gasteiger partial charge in [-0.3, -0.25) is 5.32 Å². The highest BCUT2D eigenvalue weighted by molar-refractivity contribution is 5.41. The van der Waals surface area contributed by atoms with E-state index in [1.165, 1.54) is 11.1 Å². The number of likely N-dealkylation sites (N-methyl/N-ethyl adjacent to an activating group) is 1. The Balaban J connectivity index is 2.87. The minimum absolute atomic E-state index is 0.0294. The standard InChI is InChI=1S/C16H24N2O/c1-6-18-13(10-17)11-19-15-8-7-12(2)9-14(15)16(3,4)5/h7-9,13,18H,6,11H2,1-5H3. The van der Waals surface area contributed by atoms with Gasteiger partial charge >= 0.3 is 0 Å². The number of nitriles is 1. The van der Waals surface area contributed by atoms with Crippen molar-refractivity contribution in [1.29, 1.82) is 5.26 Å². The molecule has 1 rings (SSSR count). The first-order valence-corrected chi connectivity index (χ1v) is 6.75. The van der Waals surface area contributed by atoms with Crippen molar-refractivity contribution in [2.75, 3.05) is 13.2 Å². The van der Waals surface area contributed by atoms with Crippen LogP contribution < -0.4 is 10.1 Å². The molecule has 0 aliphatic heterocycles. The second-order valence-corrected chi connectivity index (χ2v) is 5.80. The first-order valence-electron chi connectivity index (χ1n) is 6.75. The Bertz CT molecular complexity index is 455. The Kier molecular flexibility index (Phi) is 5.38. The van der Waals surface area contributed by atoms with Crippen LogP contribution in [0.25, 0.3) is 0 Å². The van der Waals surface area contributed by atoms with E-state index < -0.39 is 0 Å². The number of hydrogen-bond acceptors (Lipinski definition) is 3. The van der Waals surface area contributed by atoms with Crippen molar-refractivity contribution in [3.63, 3.8) is 0 Å². The lowest BCUT2D eigenvalue weighted by Gasteiger charge is -2.24. The van der Waals surface area contributed by atoms with Gasteiger partial charge in [0.05, 0.1) is 6.07 Å². The fraction of sp³-hybridized carbons (Fsp3) is 0.562. The van der Waals surface area contributed by atoms with Gasteiger partial charge in [-0.25, -0.2) is 0 Å². The van der Waals surface area contributed by atoms with Crippen LogP contribution >= 0.6 is 0 Å². The van der Waals surface area contributed by atoms with Gasteiger partial charge in [0.15, 0.2) is 0 Å². The van der Waals surface area contributed by atoms with E-state index in [0.29, 0.717) is 6.61 Å². The Morgan fingerprint density at radius 3 is 2.58 bits per heavy atom. The molecule has 1 aromatic carbocycles. The monoisotopic (exact) mass is 260 g/mol. The average Bonchev–Trinajstić information content (AvgIpc) is 2.34. The normalized spacial score (nSPS) is 12.8. The predicted octanol–water partition coefficient (Wildman–Crippen LogP) is 3.17. The molecule has 104 valence electrons. The van der Waals surface area contributed by atoms with Crippen LogP contribution in [0.2, 0.25) is 0 Å². The van der Waals surface area contributed by atoms with Crippen LogP contribution in [0.1, 0.15) is 38.8 Å². The van der Waals surface area contributed by atoms with E-state index in [1.807, 2.05) is 19.1 Å². The summed E-state index contributed by atoms with van der Waals surface area (Å²) in [6.07, 6.45) is 0. The number of benzene rings is 1. The molecule has 1 unspecified atom stereocenters. The van der Waals surface area contributed by atoms with E-state index in [2.05, 4.69) is 45.1 Å². The summed E-state index contributed by atoms with van der Waals surface area (Å²) in [5.74, 6) is 0.872. The van der Waals surface area contributed by atoms with Crippen molar-refractivity contribution in [1.82, 2.24) is 5.32 Å². The van der Waals surface area contributed by atoms with Gasteiger partial charge in [0.1, 0.15) is 18.4 Å². The summed E-state index contributed by atoms with van der Waals surface area (Å²) < 4.78 is 5.84. The largest absolute Gasteiger partial charge is 0.491 e. The fourth-order valence-corrected chi connectivity index (χ4v) is 1.92. The smallest absolute Gasteiger partial charge is 0.130 e. The lowest BCUT2D eigenvalue weighted by atomic mass is 9.85. The maximum atomic E-state index is 9.02. The van der Waals surface area contributed by atoms with Crippen LogP contribution in [0, 0.1) is 18.3 Å². The number of nitrogens with zero attached hydrogens (tertiary/aromatic N) is 1. The molecule has 0 aromatic heterocycles. The van der Waals surface area contributed by atoms with Crippen LogP contribution in [0.5, 0.6) is 5.75 Å². The third-order valence-corrected chi connectivity index (χ3v) is 2.95. The summed E-state index contributed by atoms with van der Waals surface area (Å²) in [5, 5.41) is 12.1. The molecule has 1 N–H and O–H groups in total. The maximum absolute atomic E-state index is 9.02. The second-order valence-electron chi connectivity index (χ2n) is 5.80. The van der Waals surface area contributed by atoms with Gasteiger partial charge in [-0.05, 0) is 30.5 Å². The van der Waals surface area contributed by atoms with Crippen LogP contribution in [-0.2, 0) is 5.41 Å². The third-order valence-electron chi connectivity index (χ3n) is 2.95. The van der Waals surface area contributed by atoms with Gasteiger partial charge in [0, 0.05) is 0 Å². The molecule has 0 fully saturated rings. The van der Waals surface area contributed by atoms with Gasteiger partial charge in [-0.2, -0.15) is 5.26 Å². The van der Waals surface area contributed by atoms with Crippen molar-refractivity contribution >= 4 is 0 Å². The van der Waals surface area contributed by atoms with E-state index in [-0.39, 0.29) is 11.5 Å². The molecular formula is C16H24N2O. The lowest BCUT2D eigenvalue weighted by Crippen LogP contribution is -2.33. The third kappa shape index (κ3) is 4.57. The first kappa shape index (κ1) is 15.5. The molecule has 0 saturated heterocycles. The molecule has 0 aliphatic rings. The van der Waals surface area contributed by atoms with Gasteiger partial charge in [-0.1, -0.05) is 45.4 Å². The molecule has 0 saturated carbocycles. The summed E-state index contributed by atoms with van der Waals surface area (Å²) in [6, 6.07) is 8.14. The van der Waals surface area contributed by atoms with E-state index >= 15 is 0 Å². The fourth-order valence-electron chi connectivity index (χ4n) is 1.92. The molecule has 0 amide bonds. The molecule has 1 aromatic rings. The number of hydrogen-bond donors (Lipinski definition) is 1. The Labute approximate surface area is 116 Å². The molecule has 0 spiro atoms.